The van der Waals surface area contributed by atoms with Gasteiger partial charge in [-0.25, -0.2) is 0 Å². The SMILES string of the molecule is CC(C)OC(=O)CCC/C=C\C[C@H]1C(Cl)C[C@@H](O)[C@@H]1COc1cc(Cl)cc(Cl)c1. The minimum Gasteiger partial charge on any atom is -0.493 e. The highest BCUT2D eigenvalue weighted by Gasteiger charge is 2.41. The normalized spacial score (nSPS) is 24.4. The van der Waals surface area contributed by atoms with Gasteiger partial charge in [-0.1, -0.05) is 35.4 Å². The molecule has 1 aliphatic rings. The number of alkyl halides is 1. The van der Waals surface area contributed by atoms with E-state index in [1.165, 1.54) is 0 Å². The van der Waals surface area contributed by atoms with Crippen molar-refractivity contribution in [3.8, 4) is 5.75 Å². The number of benzene rings is 1. The number of halogens is 3. The van der Waals surface area contributed by atoms with Crippen molar-refractivity contribution in [1.82, 2.24) is 0 Å². The molecule has 2 rings (SSSR count). The molecule has 29 heavy (non-hydrogen) atoms. The molecule has 1 fully saturated rings. The first-order valence-electron chi connectivity index (χ1n) is 10.0. The maximum atomic E-state index is 11.5. The van der Waals surface area contributed by atoms with Crippen LogP contribution in [0.1, 0.15) is 46.0 Å². The van der Waals surface area contributed by atoms with E-state index in [4.69, 9.17) is 44.3 Å². The molecule has 1 aromatic rings. The Labute approximate surface area is 188 Å². The zero-order valence-electron chi connectivity index (χ0n) is 16.8. The number of esters is 1. The van der Waals surface area contributed by atoms with Gasteiger partial charge in [0.2, 0.25) is 0 Å². The Morgan fingerprint density at radius 1 is 1.21 bits per heavy atom. The van der Waals surface area contributed by atoms with E-state index in [0.717, 1.165) is 19.3 Å². The lowest BCUT2D eigenvalue weighted by Gasteiger charge is -2.22. The molecule has 1 aliphatic carbocycles. The number of rotatable bonds is 10. The van der Waals surface area contributed by atoms with Crippen molar-refractivity contribution in [2.75, 3.05) is 6.61 Å². The predicted molar refractivity (Wildman–Crippen MR) is 118 cm³/mol. The summed E-state index contributed by atoms with van der Waals surface area (Å²) in [7, 11) is 0. The topological polar surface area (TPSA) is 55.8 Å². The molecule has 1 N–H and O–H groups in total. The van der Waals surface area contributed by atoms with Crippen LogP contribution in [0.3, 0.4) is 0 Å². The van der Waals surface area contributed by atoms with E-state index in [1.54, 1.807) is 18.2 Å². The molecule has 7 heteroatoms. The van der Waals surface area contributed by atoms with Crippen LogP contribution in [0.25, 0.3) is 0 Å². The van der Waals surface area contributed by atoms with Crippen LogP contribution in [-0.2, 0) is 9.53 Å². The first-order chi connectivity index (χ1) is 13.8. The van der Waals surface area contributed by atoms with Gasteiger partial charge in [-0.2, -0.15) is 0 Å². The van der Waals surface area contributed by atoms with Gasteiger partial charge in [0.1, 0.15) is 5.75 Å². The van der Waals surface area contributed by atoms with Crippen molar-refractivity contribution in [3.05, 3.63) is 40.4 Å². The van der Waals surface area contributed by atoms with E-state index >= 15 is 0 Å². The summed E-state index contributed by atoms with van der Waals surface area (Å²) in [6.07, 6.45) is 6.84. The van der Waals surface area contributed by atoms with Gasteiger partial charge in [0.25, 0.3) is 0 Å². The van der Waals surface area contributed by atoms with E-state index in [2.05, 4.69) is 12.2 Å². The van der Waals surface area contributed by atoms with Crippen LogP contribution < -0.4 is 4.74 Å². The molecule has 1 saturated carbocycles. The molecule has 0 heterocycles. The summed E-state index contributed by atoms with van der Waals surface area (Å²) in [5, 5.41) is 11.3. The zero-order chi connectivity index (χ0) is 21.4. The summed E-state index contributed by atoms with van der Waals surface area (Å²) in [5.41, 5.74) is 0. The molecule has 0 aromatic heterocycles. The fourth-order valence-electron chi connectivity index (χ4n) is 3.55. The summed E-state index contributed by atoms with van der Waals surface area (Å²) >= 11 is 18.5. The third-order valence-corrected chi connectivity index (χ3v) is 5.89. The average molecular weight is 464 g/mol. The molecule has 0 aliphatic heterocycles. The lowest BCUT2D eigenvalue weighted by Crippen LogP contribution is -2.27. The third-order valence-electron chi connectivity index (χ3n) is 4.95. The monoisotopic (exact) mass is 462 g/mol. The van der Waals surface area contributed by atoms with Crippen LogP contribution >= 0.6 is 34.8 Å². The zero-order valence-corrected chi connectivity index (χ0v) is 19.1. The second-order valence-corrected chi connectivity index (χ2v) is 9.13. The van der Waals surface area contributed by atoms with Crippen LogP contribution in [0.4, 0.5) is 0 Å². The second-order valence-electron chi connectivity index (χ2n) is 7.70. The summed E-state index contributed by atoms with van der Waals surface area (Å²) in [6.45, 7) is 4.04. The smallest absolute Gasteiger partial charge is 0.306 e. The number of unbranched alkanes of at least 4 members (excludes halogenated alkanes) is 1. The molecule has 1 unspecified atom stereocenters. The molecular formula is C22H29Cl3O4. The van der Waals surface area contributed by atoms with Crippen LogP contribution in [0.5, 0.6) is 5.75 Å². The number of allylic oxidation sites excluding steroid dienone is 2. The van der Waals surface area contributed by atoms with Crippen molar-refractivity contribution in [1.29, 1.82) is 0 Å². The Bertz CT molecular complexity index is 672. The van der Waals surface area contributed by atoms with Gasteiger partial charge < -0.3 is 14.6 Å². The largest absolute Gasteiger partial charge is 0.493 e. The maximum absolute atomic E-state index is 11.5. The summed E-state index contributed by atoms with van der Waals surface area (Å²) in [6, 6.07) is 5.05. The van der Waals surface area contributed by atoms with Gasteiger partial charge in [0, 0.05) is 27.8 Å². The highest BCUT2D eigenvalue weighted by molar-refractivity contribution is 6.34. The molecule has 0 saturated heterocycles. The quantitative estimate of drug-likeness (QED) is 0.199. The Morgan fingerprint density at radius 3 is 2.55 bits per heavy atom. The van der Waals surface area contributed by atoms with Gasteiger partial charge in [0.15, 0.2) is 0 Å². The van der Waals surface area contributed by atoms with Crippen molar-refractivity contribution in [2.24, 2.45) is 11.8 Å². The number of hydrogen-bond acceptors (Lipinski definition) is 4. The fourth-order valence-corrected chi connectivity index (χ4v) is 4.53. The lowest BCUT2D eigenvalue weighted by atomic mass is 9.92. The Balaban J connectivity index is 1.80. The van der Waals surface area contributed by atoms with Crippen LogP contribution in [0, 0.1) is 11.8 Å². The van der Waals surface area contributed by atoms with E-state index in [0.29, 0.717) is 35.2 Å². The second kappa shape index (κ2) is 12.0. The molecule has 1 aromatic carbocycles. The number of carbonyl (C=O) groups excluding carboxylic acids is 1. The van der Waals surface area contributed by atoms with Crippen molar-refractivity contribution in [2.45, 2.75) is 63.5 Å². The van der Waals surface area contributed by atoms with Crippen molar-refractivity contribution < 1.29 is 19.4 Å². The highest BCUT2D eigenvalue weighted by Crippen LogP contribution is 2.39. The van der Waals surface area contributed by atoms with Gasteiger partial charge in [-0.05, 0) is 63.6 Å². The predicted octanol–water partition coefficient (Wildman–Crippen LogP) is 6.04. The summed E-state index contributed by atoms with van der Waals surface area (Å²) in [4.78, 5) is 11.5. The first-order valence-corrected chi connectivity index (χ1v) is 11.2. The molecule has 0 radical (unpaired) electrons. The van der Waals surface area contributed by atoms with Crippen LogP contribution in [-0.4, -0.2) is 35.3 Å². The van der Waals surface area contributed by atoms with Crippen molar-refractivity contribution >= 4 is 40.8 Å². The third kappa shape index (κ3) is 8.37. The number of hydrogen-bond donors (Lipinski definition) is 1. The molecule has 4 atom stereocenters. The Kier molecular flexibility index (Phi) is 10.1. The standard InChI is InChI=1S/C22H29Cl3O4/c1-14(2)29-22(27)8-6-4-3-5-7-18-19(21(26)12-20(18)25)13-28-17-10-15(23)9-16(24)11-17/h3,5,9-11,14,18-21,26H,4,6-8,12-13H2,1-2H3/b5-3-/t18-,19-,20?,21-/m1/s1. The van der Waals surface area contributed by atoms with Gasteiger partial charge >= 0.3 is 5.97 Å². The van der Waals surface area contributed by atoms with E-state index in [-0.39, 0.29) is 29.3 Å². The van der Waals surface area contributed by atoms with E-state index < -0.39 is 6.10 Å². The maximum Gasteiger partial charge on any atom is 0.306 e. The van der Waals surface area contributed by atoms with Gasteiger partial charge in [-0.15, -0.1) is 11.6 Å². The molecule has 162 valence electrons. The van der Waals surface area contributed by atoms with Crippen LogP contribution in [0.15, 0.2) is 30.4 Å². The Hall–Kier alpha value is -0.940. The number of carbonyl (C=O) groups is 1. The first kappa shape index (κ1) is 24.3. The lowest BCUT2D eigenvalue weighted by molar-refractivity contribution is -0.147. The van der Waals surface area contributed by atoms with E-state index in [1.807, 2.05) is 13.8 Å². The minimum atomic E-state index is -0.503. The molecule has 0 bridgehead atoms. The number of ether oxygens (including phenoxy) is 2. The molecule has 0 spiro atoms. The van der Waals surface area contributed by atoms with E-state index in [9.17, 15) is 9.90 Å². The molecular weight excluding hydrogens is 435 g/mol. The van der Waals surface area contributed by atoms with Crippen LogP contribution in [0.2, 0.25) is 10.0 Å². The molecule has 0 amide bonds. The van der Waals surface area contributed by atoms with Gasteiger partial charge in [0.05, 0.1) is 18.8 Å². The summed E-state index contributed by atoms with van der Waals surface area (Å²) < 4.78 is 11.0. The average Bonchev–Trinajstić information content (AvgIpc) is 2.87. The highest BCUT2D eigenvalue weighted by atomic mass is 35.5. The fraction of sp³-hybridized carbons (Fsp3) is 0.591. The van der Waals surface area contributed by atoms with Crippen molar-refractivity contribution in [3.63, 3.8) is 0 Å². The number of aliphatic hydroxyl groups excluding tert-OH is 1. The summed E-state index contributed by atoms with van der Waals surface area (Å²) in [5.74, 6) is 0.464. The minimum absolute atomic E-state index is 0.0686. The Morgan fingerprint density at radius 2 is 1.90 bits per heavy atom. The van der Waals surface area contributed by atoms with Gasteiger partial charge in [-0.3, -0.25) is 4.79 Å². The molecule has 4 nitrogen and oxygen atoms in total. The number of aliphatic hydroxyl groups is 1.